The minimum absolute atomic E-state index is 0.218. The highest BCUT2D eigenvalue weighted by atomic mass is 32.1. The summed E-state index contributed by atoms with van der Waals surface area (Å²) >= 11 is 1.43. The first-order chi connectivity index (χ1) is 13.6. The van der Waals surface area contributed by atoms with Crippen molar-refractivity contribution in [1.82, 2.24) is 14.6 Å². The lowest BCUT2D eigenvalue weighted by molar-refractivity contribution is -0.111. The van der Waals surface area contributed by atoms with Crippen LogP contribution in [-0.4, -0.2) is 27.6 Å². The number of hydrogen-bond acceptors (Lipinski definition) is 5. The summed E-state index contributed by atoms with van der Waals surface area (Å²) in [7, 11) is 1.62. The molecule has 0 fully saturated rings. The van der Waals surface area contributed by atoms with Gasteiger partial charge in [0.25, 0.3) is 11.9 Å². The first kappa shape index (κ1) is 17.9. The summed E-state index contributed by atoms with van der Waals surface area (Å²) in [6.45, 7) is 0. The highest BCUT2D eigenvalue weighted by Crippen LogP contribution is 2.27. The lowest BCUT2D eigenvalue weighted by Crippen LogP contribution is -2.09. The maximum Gasteiger partial charge on any atom is 0.250 e. The number of amides is 1. The number of carbonyl (C=O) groups excluding carboxylic acids is 1. The van der Waals surface area contributed by atoms with Gasteiger partial charge < -0.3 is 4.74 Å². The summed E-state index contributed by atoms with van der Waals surface area (Å²) in [5, 5.41) is 8.96. The molecule has 2 heterocycles. The fourth-order valence-corrected chi connectivity index (χ4v) is 3.42. The number of benzene rings is 2. The Morgan fingerprint density at radius 1 is 1.18 bits per heavy atom. The van der Waals surface area contributed by atoms with Crippen LogP contribution < -0.4 is 10.1 Å². The second-order valence-electron chi connectivity index (χ2n) is 5.85. The first-order valence-electron chi connectivity index (χ1n) is 8.36. The predicted molar refractivity (Wildman–Crippen MR) is 107 cm³/mol. The van der Waals surface area contributed by atoms with Crippen molar-refractivity contribution in [3.63, 3.8) is 0 Å². The number of rotatable bonds is 5. The summed E-state index contributed by atoms with van der Waals surface area (Å²) in [6.07, 6.45) is 2.95. The molecule has 1 amide bonds. The van der Waals surface area contributed by atoms with E-state index in [1.54, 1.807) is 29.8 Å². The number of methoxy groups -OCH3 is 1. The van der Waals surface area contributed by atoms with Crippen LogP contribution in [0.3, 0.4) is 0 Å². The Bertz CT molecular complexity index is 1150. The lowest BCUT2D eigenvalue weighted by atomic mass is 10.2. The largest absolute Gasteiger partial charge is 0.497 e. The zero-order valence-corrected chi connectivity index (χ0v) is 15.6. The molecule has 6 nitrogen and oxygen atoms in total. The molecule has 0 aliphatic rings. The van der Waals surface area contributed by atoms with Gasteiger partial charge in [0.2, 0.25) is 4.96 Å². The SMILES string of the molecule is COc1ccc(-c2csc3nc(NC(=O)/C=C/c4ccc(F)cc4)nn23)cc1. The Kier molecular flexibility index (Phi) is 4.86. The number of hydrogen-bond donors (Lipinski definition) is 1. The van der Waals surface area contributed by atoms with Gasteiger partial charge >= 0.3 is 0 Å². The molecule has 0 saturated carbocycles. The maximum atomic E-state index is 12.9. The average Bonchev–Trinajstić information content (AvgIpc) is 3.28. The number of aromatic nitrogens is 3. The van der Waals surface area contributed by atoms with Gasteiger partial charge in [-0.15, -0.1) is 16.4 Å². The summed E-state index contributed by atoms with van der Waals surface area (Å²) in [4.78, 5) is 17.1. The minimum atomic E-state index is -0.367. The van der Waals surface area contributed by atoms with Gasteiger partial charge in [0, 0.05) is 17.0 Å². The number of ether oxygens (including phenoxy) is 1. The molecule has 0 unspecified atom stereocenters. The molecule has 0 saturated heterocycles. The highest BCUT2D eigenvalue weighted by molar-refractivity contribution is 7.15. The number of thiazole rings is 1. The minimum Gasteiger partial charge on any atom is -0.497 e. The van der Waals surface area contributed by atoms with Gasteiger partial charge in [-0.25, -0.2) is 8.91 Å². The third-order valence-electron chi connectivity index (χ3n) is 4.00. The summed E-state index contributed by atoms with van der Waals surface area (Å²) in [6, 6.07) is 13.5. The van der Waals surface area contributed by atoms with Crippen LogP contribution in [0.5, 0.6) is 5.75 Å². The van der Waals surface area contributed by atoms with E-state index in [0.29, 0.717) is 4.96 Å². The molecule has 2 aromatic carbocycles. The van der Waals surface area contributed by atoms with E-state index in [1.165, 1.54) is 29.5 Å². The van der Waals surface area contributed by atoms with Gasteiger partial charge in [0.05, 0.1) is 12.8 Å². The Morgan fingerprint density at radius 2 is 1.93 bits per heavy atom. The molecule has 1 N–H and O–H groups in total. The van der Waals surface area contributed by atoms with Crippen LogP contribution in [0, 0.1) is 5.82 Å². The summed E-state index contributed by atoms with van der Waals surface area (Å²) in [5.74, 6) is 0.301. The molecule has 28 heavy (non-hydrogen) atoms. The van der Waals surface area contributed by atoms with Crippen molar-refractivity contribution in [2.45, 2.75) is 0 Å². The Labute approximate surface area is 163 Å². The van der Waals surface area contributed by atoms with Crippen LogP contribution >= 0.6 is 11.3 Å². The van der Waals surface area contributed by atoms with Gasteiger partial charge in [-0.1, -0.05) is 12.1 Å². The van der Waals surface area contributed by atoms with E-state index in [0.717, 1.165) is 22.6 Å². The number of carbonyl (C=O) groups is 1. The second kappa shape index (κ2) is 7.61. The highest BCUT2D eigenvalue weighted by Gasteiger charge is 2.12. The van der Waals surface area contributed by atoms with Crippen LogP contribution in [0.25, 0.3) is 22.3 Å². The van der Waals surface area contributed by atoms with Crippen molar-refractivity contribution in [3.8, 4) is 17.0 Å². The zero-order valence-electron chi connectivity index (χ0n) is 14.8. The number of anilines is 1. The smallest absolute Gasteiger partial charge is 0.250 e. The van der Waals surface area contributed by atoms with Crippen LogP contribution in [0.2, 0.25) is 0 Å². The fourth-order valence-electron chi connectivity index (χ4n) is 2.59. The number of nitrogens with one attached hydrogen (secondary N) is 1. The van der Waals surface area contributed by atoms with E-state index in [4.69, 9.17) is 4.74 Å². The normalized spacial score (nSPS) is 11.2. The number of nitrogens with zero attached hydrogens (tertiary/aromatic N) is 3. The number of fused-ring (bicyclic) bond motifs is 1. The molecular weight excluding hydrogens is 379 g/mol. The maximum absolute atomic E-state index is 12.9. The molecule has 2 aromatic heterocycles. The number of halogens is 1. The van der Waals surface area contributed by atoms with E-state index < -0.39 is 0 Å². The molecule has 4 aromatic rings. The molecule has 0 aliphatic carbocycles. The molecule has 0 bridgehead atoms. The van der Waals surface area contributed by atoms with Crippen molar-refractivity contribution in [2.24, 2.45) is 0 Å². The van der Waals surface area contributed by atoms with Crippen LogP contribution in [0.15, 0.2) is 60.0 Å². The van der Waals surface area contributed by atoms with Crippen LogP contribution in [0.4, 0.5) is 10.3 Å². The first-order valence-corrected chi connectivity index (χ1v) is 9.24. The summed E-state index contributed by atoms with van der Waals surface area (Å²) in [5.41, 5.74) is 2.56. The van der Waals surface area contributed by atoms with Gasteiger partial charge in [-0.05, 0) is 48.0 Å². The Hall–Kier alpha value is -3.52. The second-order valence-corrected chi connectivity index (χ2v) is 6.69. The predicted octanol–water partition coefficient (Wildman–Crippen LogP) is 4.26. The zero-order chi connectivity index (χ0) is 19.5. The van der Waals surface area contributed by atoms with E-state index in [9.17, 15) is 9.18 Å². The van der Waals surface area contributed by atoms with E-state index in [2.05, 4.69) is 15.4 Å². The quantitative estimate of drug-likeness (QED) is 0.514. The molecular formula is C20H15FN4O2S. The average molecular weight is 394 g/mol. The van der Waals surface area contributed by atoms with E-state index in [-0.39, 0.29) is 17.7 Å². The van der Waals surface area contributed by atoms with Crippen molar-refractivity contribution >= 4 is 34.2 Å². The third-order valence-corrected chi connectivity index (χ3v) is 4.82. The van der Waals surface area contributed by atoms with Gasteiger partial charge in [0.1, 0.15) is 11.6 Å². The molecule has 140 valence electrons. The van der Waals surface area contributed by atoms with Crippen LogP contribution in [0.1, 0.15) is 5.56 Å². The van der Waals surface area contributed by atoms with Crippen molar-refractivity contribution in [2.75, 3.05) is 12.4 Å². The molecule has 0 radical (unpaired) electrons. The van der Waals surface area contributed by atoms with Gasteiger partial charge in [0.15, 0.2) is 0 Å². The lowest BCUT2D eigenvalue weighted by Gasteiger charge is -2.01. The molecule has 8 heteroatoms. The van der Waals surface area contributed by atoms with Crippen LogP contribution in [-0.2, 0) is 4.79 Å². The topological polar surface area (TPSA) is 68.5 Å². The molecule has 0 spiro atoms. The third kappa shape index (κ3) is 3.77. The fraction of sp³-hybridized carbons (Fsp3) is 0.0500. The molecule has 0 atom stereocenters. The monoisotopic (exact) mass is 394 g/mol. The molecule has 0 aliphatic heterocycles. The van der Waals surface area contributed by atoms with E-state index >= 15 is 0 Å². The Balaban J connectivity index is 1.51. The molecule has 4 rings (SSSR count). The van der Waals surface area contributed by atoms with Gasteiger partial charge in [-0.2, -0.15) is 4.98 Å². The van der Waals surface area contributed by atoms with E-state index in [1.807, 2.05) is 29.6 Å². The van der Waals surface area contributed by atoms with Crippen molar-refractivity contribution in [1.29, 1.82) is 0 Å². The van der Waals surface area contributed by atoms with Crippen molar-refractivity contribution < 1.29 is 13.9 Å². The van der Waals surface area contributed by atoms with Crippen molar-refractivity contribution in [3.05, 3.63) is 71.4 Å². The summed E-state index contributed by atoms with van der Waals surface area (Å²) < 4.78 is 19.8. The Morgan fingerprint density at radius 3 is 2.64 bits per heavy atom. The van der Waals surface area contributed by atoms with Gasteiger partial charge in [-0.3, -0.25) is 10.1 Å². The standard InChI is InChI=1S/C20H15FN4O2S/c1-27-16-9-5-14(6-10-16)17-12-28-20-23-19(24-25(17)20)22-18(26)11-4-13-2-7-15(21)8-3-13/h2-12H,1H3,(H,22,24,26)/b11-4+.